The van der Waals surface area contributed by atoms with Crippen molar-refractivity contribution >= 4 is 40.5 Å². The Morgan fingerprint density at radius 3 is 2.28 bits per heavy atom. The van der Waals surface area contributed by atoms with Crippen LogP contribution >= 0.6 is 0 Å². The first-order valence-electron chi connectivity index (χ1n) is 16.2. The summed E-state index contributed by atoms with van der Waals surface area (Å²) in [5, 5.41) is 13.8. The number of aromatic hydroxyl groups is 1. The molecule has 2 heterocycles. The first kappa shape index (κ1) is 30.7. The van der Waals surface area contributed by atoms with Crippen LogP contribution in [-0.2, 0) is 19.1 Å². The SMILES string of the molecule is COCC1=C2[C@@H](CC/C(=C/c3ccccc3O)c3ccccc3)OC[C@@H]2[C@@H]2C(=O)N(c3ccc(Nc4ccccc4)cc3)C(=O)[C@@H]2C1. The van der Waals surface area contributed by atoms with E-state index >= 15 is 0 Å². The number of nitrogens with one attached hydrogen (secondary N) is 1. The van der Waals surface area contributed by atoms with E-state index in [1.807, 2.05) is 97.1 Å². The highest BCUT2D eigenvalue weighted by molar-refractivity contribution is 6.22. The van der Waals surface area contributed by atoms with E-state index in [1.165, 1.54) is 4.90 Å². The largest absolute Gasteiger partial charge is 0.507 e. The quantitative estimate of drug-likeness (QED) is 0.107. The average Bonchev–Trinajstić information content (AvgIpc) is 3.63. The van der Waals surface area contributed by atoms with Crippen LogP contribution in [0.1, 0.15) is 30.4 Å². The molecular weight excluding hydrogens is 588 g/mol. The number of phenolic OH excluding ortho intramolecular Hbond substituents is 1. The van der Waals surface area contributed by atoms with Crippen LogP contribution in [0, 0.1) is 17.8 Å². The Balaban J connectivity index is 1.12. The molecule has 2 amide bonds. The van der Waals surface area contributed by atoms with Gasteiger partial charge in [0, 0.05) is 30.0 Å². The first-order chi connectivity index (χ1) is 23.0. The van der Waals surface area contributed by atoms with E-state index in [1.54, 1.807) is 13.2 Å². The summed E-state index contributed by atoms with van der Waals surface area (Å²) in [7, 11) is 1.67. The van der Waals surface area contributed by atoms with E-state index in [4.69, 9.17) is 9.47 Å². The summed E-state index contributed by atoms with van der Waals surface area (Å²) in [6.45, 7) is 0.792. The van der Waals surface area contributed by atoms with Crippen molar-refractivity contribution in [2.75, 3.05) is 30.5 Å². The fraction of sp³-hybridized carbons (Fsp3) is 0.250. The van der Waals surface area contributed by atoms with Crippen LogP contribution in [0.2, 0.25) is 0 Å². The lowest BCUT2D eigenvalue weighted by Crippen LogP contribution is -2.35. The van der Waals surface area contributed by atoms with Crippen molar-refractivity contribution in [2.24, 2.45) is 17.8 Å². The minimum absolute atomic E-state index is 0.156. The molecule has 2 N–H and O–H groups in total. The lowest BCUT2D eigenvalue weighted by molar-refractivity contribution is -0.122. The molecule has 238 valence electrons. The number of phenols is 1. The number of amides is 2. The molecule has 0 aromatic heterocycles. The van der Waals surface area contributed by atoms with E-state index in [9.17, 15) is 14.7 Å². The molecule has 2 aliphatic heterocycles. The maximum Gasteiger partial charge on any atom is 0.238 e. The molecule has 0 radical (unpaired) electrons. The molecule has 0 spiro atoms. The highest BCUT2D eigenvalue weighted by atomic mass is 16.5. The molecule has 4 aromatic rings. The van der Waals surface area contributed by atoms with Crippen molar-refractivity contribution in [1.29, 1.82) is 0 Å². The molecule has 1 aliphatic carbocycles. The predicted octanol–water partition coefficient (Wildman–Crippen LogP) is 7.62. The normalized spacial score (nSPS) is 22.4. The maximum atomic E-state index is 14.1. The molecule has 4 aromatic carbocycles. The third-order valence-electron chi connectivity index (χ3n) is 9.60. The van der Waals surface area contributed by atoms with Gasteiger partial charge in [-0.05, 0) is 90.1 Å². The van der Waals surface area contributed by atoms with Crippen molar-refractivity contribution < 1.29 is 24.2 Å². The highest BCUT2D eigenvalue weighted by Crippen LogP contribution is 2.51. The van der Waals surface area contributed by atoms with Crippen LogP contribution in [0.5, 0.6) is 5.75 Å². The summed E-state index contributed by atoms with van der Waals surface area (Å²) in [5.41, 5.74) is 7.54. The molecule has 47 heavy (non-hydrogen) atoms. The van der Waals surface area contributed by atoms with Crippen LogP contribution < -0.4 is 10.2 Å². The smallest absolute Gasteiger partial charge is 0.238 e. The van der Waals surface area contributed by atoms with E-state index in [-0.39, 0.29) is 29.6 Å². The van der Waals surface area contributed by atoms with E-state index in [0.29, 0.717) is 38.2 Å². The zero-order valence-corrected chi connectivity index (χ0v) is 26.3. The number of carbonyl (C=O) groups excluding carboxylic acids is 2. The molecule has 0 unspecified atom stereocenters. The molecule has 4 atom stereocenters. The molecule has 0 saturated carbocycles. The maximum absolute atomic E-state index is 14.1. The number of imide groups is 1. The number of carbonyl (C=O) groups is 2. The van der Waals surface area contributed by atoms with Crippen LogP contribution in [-0.4, -0.2) is 43.3 Å². The van der Waals surface area contributed by atoms with Gasteiger partial charge in [0.05, 0.1) is 36.8 Å². The van der Waals surface area contributed by atoms with Gasteiger partial charge in [0.1, 0.15) is 5.75 Å². The van der Waals surface area contributed by atoms with E-state index in [2.05, 4.69) is 17.4 Å². The second-order valence-electron chi connectivity index (χ2n) is 12.4. The number of nitrogens with zero attached hydrogens (tertiary/aromatic N) is 1. The third kappa shape index (κ3) is 6.12. The van der Waals surface area contributed by atoms with Crippen molar-refractivity contribution in [3.63, 3.8) is 0 Å². The minimum Gasteiger partial charge on any atom is -0.507 e. The van der Waals surface area contributed by atoms with Crippen LogP contribution in [0.4, 0.5) is 17.1 Å². The number of fused-ring (bicyclic) bond motifs is 3. The molecule has 3 aliphatic rings. The number of allylic oxidation sites excluding steroid dienone is 1. The number of anilines is 3. The van der Waals surface area contributed by atoms with Crippen LogP contribution in [0.25, 0.3) is 11.6 Å². The topological polar surface area (TPSA) is 88.1 Å². The summed E-state index contributed by atoms with van der Waals surface area (Å²) >= 11 is 0. The molecule has 7 heteroatoms. The standard InChI is InChI=1S/C40H38N2O5/c1-46-24-29-23-33-38(40(45)42(39(33)44)32-19-17-31(18-20-32)41-30-13-6-3-7-14-30)34-25-47-36(37(29)34)21-16-27(26-10-4-2-5-11-26)22-28-12-8-9-15-35(28)43/h2-15,17-20,22,33-34,36,38,41,43H,16,21,23-25H2,1H3/b27-22-/t33-,34+,36-,38-/m1/s1. The van der Waals surface area contributed by atoms with E-state index in [0.717, 1.165) is 39.2 Å². The summed E-state index contributed by atoms with van der Waals surface area (Å²) in [6.07, 6.45) is 3.74. The number of rotatable bonds is 10. The number of hydrogen-bond acceptors (Lipinski definition) is 6. The number of benzene rings is 4. The Hall–Kier alpha value is -4.98. The van der Waals surface area contributed by atoms with Gasteiger partial charge in [-0.1, -0.05) is 66.7 Å². The monoisotopic (exact) mass is 626 g/mol. The molecule has 2 saturated heterocycles. The zero-order valence-electron chi connectivity index (χ0n) is 26.3. The van der Waals surface area contributed by atoms with Gasteiger partial charge >= 0.3 is 0 Å². The van der Waals surface area contributed by atoms with Gasteiger partial charge in [-0.15, -0.1) is 0 Å². The Labute approximate surface area is 275 Å². The van der Waals surface area contributed by atoms with Gasteiger partial charge in [0.15, 0.2) is 0 Å². The molecule has 0 bridgehead atoms. The first-order valence-corrected chi connectivity index (χ1v) is 16.2. The van der Waals surface area contributed by atoms with Crippen LogP contribution in [0.15, 0.2) is 120 Å². The van der Waals surface area contributed by atoms with Gasteiger partial charge < -0.3 is 19.9 Å². The molecule has 7 nitrogen and oxygen atoms in total. The second kappa shape index (κ2) is 13.4. The Morgan fingerprint density at radius 2 is 1.55 bits per heavy atom. The summed E-state index contributed by atoms with van der Waals surface area (Å²) in [5.74, 6) is -1.15. The van der Waals surface area contributed by atoms with Crippen molar-refractivity contribution in [2.45, 2.75) is 25.4 Å². The van der Waals surface area contributed by atoms with Gasteiger partial charge in [0.2, 0.25) is 11.8 Å². The number of hydrogen-bond donors (Lipinski definition) is 2. The zero-order chi connectivity index (χ0) is 32.3. The fourth-order valence-corrected chi connectivity index (χ4v) is 7.45. The third-order valence-corrected chi connectivity index (χ3v) is 9.60. The lowest BCUT2D eigenvalue weighted by Gasteiger charge is -2.31. The Kier molecular flexibility index (Phi) is 8.74. The fourth-order valence-electron chi connectivity index (χ4n) is 7.45. The molecular formula is C40H38N2O5. The number of para-hydroxylation sites is 2. The van der Waals surface area contributed by atoms with E-state index < -0.39 is 11.8 Å². The van der Waals surface area contributed by atoms with Gasteiger partial charge in [-0.2, -0.15) is 0 Å². The Morgan fingerprint density at radius 1 is 0.872 bits per heavy atom. The lowest BCUT2D eigenvalue weighted by atomic mass is 9.69. The van der Waals surface area contributed by atoms with Gasteiger partial charge in [-0.3, -0.25) is 14.5 Å². The highest BCUT2D eigenvalue weighted by Gasteiger charge is 2.57. The summed E-state index contributed by atoms with van der Waals surface area (Å²) in [4.78, 5) is 29.3. The second-order valence-corrected chi connectivity index (χ2v) is 12.4. The van der Waals surface area contributed by atoms with Crippen molar-refractivity contribution in [1.82, 2.24) is 0 Å². The summed E-state index contributed by atoms with van der Waals surface area (Å²) < 4.78 is 12.1. The van der Waals surface area contributed by atoms with Crippen molar-refractivity contribution in [3.8, 4) is 5.75 Å². The minimum atomic E-state index is -0.462. The Bertz CT molecular complexity index is 1820. The van der Waals surface area contributed by atoms with Crippen LogP contribution in [0.3, 0.4) is 0 Å². The van der Waals surface area contributed by atoms with Gasteiger partial charge in [0.25, 0.3) is 0 Å². The predicted molar refractivity (Wildman–Crippen MR) is 184 cm³/mol. The van der Waals surface area contributed by atoms with Crippen molar-refractivity contribution in [3.05, 3.63) is 131 Å². The molecule has 2 fully saturated rings. The number of methoxy groups -OCH3 is 1. The summed E-state index contributed by atoms with van der Waals surface area (Å²) in [6, 6.07) is 34.8. The average molecular weight is 627 g/mol. The van der Waals surface area contributed by atoms with Gasteiger partial charge in [-0.25, -0.2) is 0 Å². The molecule has 7 rings (SSSR count). The number of ether oxygens (including phenoxy) is 2.